The van der Waals surface area contributed by atoms with E-state index in [2.05, 4.69) is 17.0 Å². The van der Waals surface area contributed by atoms with Gasteiger partial charge in [0.05, 0.1) is 0 Å². The Balaban J connectivity index is 1.55. The van der Waals surface area contributed by atoms with Gasteiger partial charge in [0.1, 0.15) is 5.54 Å². The van der Waals surface area contributed by atoms with E-state index in [0.717, 1.165) is 43.8 Å². The third-order valence-electron chi connectivity index (χ3n) is 6.92. The van der Waals surface area contributed by atoms with Gasteiger partial charge < -0.3 is 25.8 Å². The fourth-order valence-electron chi connectivity index (χ4n) is 5.08. The number of aliphatic carboxylic acids is 1. The third-order valence-corrected chi connectivity index (χ3v) is 7.17. The summed E-state index contributed by atoms with van der Waals surface area (Å²) in [5, 5.41) is 28.8. The van der Waals surface area contributed by atoms with Gasteiger partial charge in [0.2, 0.25) is 0 Å². The van der Waals surface area contributed by atoms with E-state index in [4.69, 9.17) is 27.4 Å². The Kier molecular flexibility index (Phi) is 7.62. The molecule has 1 saturated heterocycles. The average molecular weight is 423 g/mol. The molecule has 1 aromatic rings. The number of benzene rings is 1. The molecule has 0 radical (unpaired) electrons. The van der Waals surface area contributed by atoms with Crippen LogP contribution in [-0.2, 0) is 4.79 Å². The molecule has 1 saturated carbocycles. The SMILES string of the molecule is N[C@]1(C(=O)O)C[C@H](CCB(O)O)CC[C@@H]1CN1CCC(c2ccc(Cl)cc2)CC1. The lowest BCUT2D eigenvalue weighted by Gasteiger charge is -2.44. The fraction of sp³-hybridized carbons (Fsp3) is 0.667. The van der Waals surface area contributed by atoms with Crippen molar-refractivity contribution in [3.05, 3.63) is 34.9 Å². The van der Waals surface area contributed by atoms with Gasteiger partial charge in [-0.05, 0) is 81.0 Å². The van der Waals surface area contributed by atoms with Crippen LogP contribution >= 0.6 is 11.6 Å². The second kappa shape index (κ2) is 9.79. The van der Waals surface area contributed by atoms with Gasteiger partial charge in [0.25, 0.3) is 0 Å². The maximum atomic E-state index is 12.0. The second-order valence-electron chi connectivity index (χ2n) is 8.87. The van der Waals surface area contributed by atoms with Crippen molar-refractivity contribution in [1.29, 1.82) is 0 Å². The molecule has 0 bridgehead atoms. The number of nitrogens with zero attached hydrogens (tertiary/aromatic N) is 1. The molecule has 2 fully saturated rings. The van der Waals surface area contributed by atoms with Crippen molar-refractivity contribution in [3.8, 4) is 0 Å². The van der Waals surface area contributed by atoms with Crippen LogP contribution in [0.3, 0.4) is 0 Å². The van der Waals surface area contributed by atoms with Crippen LogP contribution < -0.4 is 5.73 Å². The number of piperidine rings is 1. The molecule has 3 rings (SSSR count). The van der Waals surface area contributed by atoms with Crippen LogP contribution in [-0.4, -0.2) is 58.3 Å². The number of hydrogen-bond acceptors (Lipinski definition) is 5. The van der Waals surface area contributed by atoms with Crippen LogP contribution in [0, 0.1) is 11.8 Å². The largest absolute Gasteiger partial charge is 0.480 e. The first kappa shape index (κ1) is 22.6. The van der Waals surface area contributed by atoms with Crippen molar-refractivity contribution in [2.24, 2.45) is 17.6 Å². The van der Waals surface area contributed by atoms with Gasteiger partial charge in [0.15, 0.2) is 0 Å². The Morgan fingerprint density at radius 3 is 2.41 bits per heavy atom. The lowest BCUT2D eigenvalue weighted by Crippen LogP contribution is -2.60. The average Bonchev–Trinajstić information content (AvgIpc) is 2.69. The molecule has 0 unspecified atom stereocenters. The molecule has 2 aliphatic rings. The van der Waals surface area contributed by atoms with Crippen molar-refractivity contribution >= 4 is 24.7 Å². The van der Waals surface area contributed by atoms with E-state index in [1.807, 2.05) is 12.1 Å². The standard InChI is InChI=1S/C21H32BClN2O4/c23-19-5-2-16(3-6-19)17-8-11-25(12-9-17)14-18-4-1-15(7-10-22(28)29)13-21(18,24)20(26)27/h2-3,5-6,15,17-18,28-29H,1,4,7-14,24H2,(H,26,27)/t15-,18+,21+/m0/s1. The van der Waals surface area contributed by atoms with Gasteiger partial charge >= 0.3 is 13.1 Å². The van der Waals surface area contributed by atoms with Crippen LogP contribution in [0.25, 0.3) is 0 Å². The van der Waals surface area contributed by atoms with Crippen molar-refractivity contribution in [1.82, 2.24) is 4.90 Å². The van der Waals surface area contributed by atoms with Gasteiger partial charge in [-0.15, -0.1) is 0 Å². The molecule has 0 spiro atoms. The normalized spacial score (nSPS) is 29.0. The van der Waals surface area contributed by atoms with Crippen molar-refractivity contribution in [2.45, 2.75) is 56.3 Å². The lowest BCUT2D eigenvalue weighted by atomic mass is 9.66. The fourth-order valence-corrected chi connectivity index (χ4v) is 5.21. The van der Waals surface area contributed by atoms with Crippen molar-refractivity contribution in [3.63, 3.8) is 0 Å². The summed E-state index contributed by atoms with van der Waals surface area (Å²) in [5.41, 5.74) is 6.51. The molecule has 0 amide bonds. The van der Waals surface area contributed by atoms with Gasteiger partial charge in [-0.25, -0.2) is 0 Å². The minimum atomic E-state index is -1.34. The van der Waals surface area contributed by atoms with Crippen molar-refractivity contribution in [2.75, 3.05) is 19.6 Å². The van der Waals surface area contributed by atoms with E-state index >= 15 is 0 Å². The van der Waals surface area contributed by atoms with Crippen LogP contribution in [0.2, 0.25) is 11.3 Å². The summed E-state index contributed by atoms with van der Waals surface area (Å²) in [6, 6.07) is 8.07. The first-order valence-electron chi connectivity index (χ1n) is 10.6. The number of carboxylic acid groups (broad SMARTS) is 1. The summed E-state index contributed by atoms with van der Waals surface area (Å²) >= 11 is 5.99. The molecule has 3 atom stereocenters. The third kappa shape index (κ3) is 5.73. The highest BCUT2D eigenvalue weighted by Crippen LogP contribution is 2.39. The van der Waals surface area contributed by atoms with Crippen LogP contribution in [0.1, 0.15) is 50.0 Å². The predicted octanol–water partition coefficient (Wildman–Crippen LogP) is 2.58. The van der Waals surface area contributed by atoms with E-state index in [0.29, 0.717) is 25.3 Å². The summed E-state index contributed by atoms with van der Waals surface area (Å²) in [5.74, 6) is -0.369. The Labute approximate surface area is 178 Å². The first-order chi connectivity index (χ1) is 13.8. The Morgan fingerprint density at radius 2 is 1.83 bits per heavy atom. The highest BCUT2D eigenvalue weighted by atomic mass is 35.5. The highest BCUT2D eigenvalue weighted by molar-refractivity contribution is 6.40. The molecule has 1 aromatic carbocycles. The molecule has 8 heteroatoms. The van der Waals surface area contributed by atoms with Gasteiger partial charge in [-0.1, -0.05) is 30.2 Å². The number of likely N-dealkylation sites (tertiary alicyclic amines) is 1. The number of nitrogens with two attached hydrogens (primary N) is 1. The number of carboxylic acids is 1. The molecule has 6 nitrogen and oxygen atoms in total. The summed E-state index contributed by atoms with van der Waals surface area (Å²) < 4.78 is 0. The van der Waals surface area contributed by atoms with E-state index in [1.54, 1.807) is 0 Å². The predicted molar refractivity (Wildman–Crippen MR) is 115 cm³/mol. The number of rotatable bonds is 7. The molecule has 160 valence electrons. The molecule has 1 heterocycles. The zero-order valence-corrected chi connectivity index (χ0v) is 17.6. The molecule has 1 aliphatic carbocycles. The van der Waals surface area contributed by atoms with Crippen LogP contribution in [0.4, 0.5) is 0 Å². The summed E-state index contributed by atoms with van der Waals surface area (Å²) in [4.78, 5) is 14.4. The molecular formula is C21H32BClN2O4. The van der Waals surface area contributed by atoms with E-state index < -0.39 is 18.6 Å². The first-order valence-corrected chi connectivity index (χ1v) is 11.0. The van der Waals surface area contributed by atoms with Gasteiger partial charge in [0, 0.05) is 17.5 Å². The monoisotopic (exact) mass is 422 g/mol. The highest BCUT2D eigenvalue weighted by Gasteiger charge is 2.47. The smallest absolute Gasteiger partial charge is 0.451 e. The number of halogens is 1. The van der Waals surface area contributed by atoms with Crippen LogP contribution in [0.5, 0.6) is 0 Å². The second-order valence-corrected chi connectivity index (χ2v) is 9.31. The Hall–Kier alpha value is -1.12. The van der Waals surface area contributed by atoms with Gasteiger partial charge in [-0.3, -0.25) is 4.79 Å². The molecular weight excluding hydrogens is 391 g/mol. The zero-order valence-electron chi connectivity index (χ0n) is 16.8. The van der Waals surface area contributed by atoms with Crippen molar-refractivity contribution < 1.29 is 19.9 Å². The van der Waals surface area contributed by atoms with E-state index in [-0.39, 0.29) is 18.2 Å². The molecule has 5 N–H and O–H groups in total. The minimum Gasteiger partial charge on any atom is -0.480 e. The lowest BCUT2D eigenvalue weighted by molar-refractivity contribution is -0.148. The summed E-state index contributed by atoms with van der Waals surface area (Å²) in [7, 11) is -1.34. The van der Waals surface area contributed by atoms with Crippen LogP contribution in [0.15, 0.2) is 24.3 Å². The zero-order chi connectivity index (χ0) is 21.0. The topological polar surface area (TPSA) is 107 Å². The maximum Gasteiger partial charge on any atom is 0.451 e. The van der Waals surface area contributed by atoms with Gasteiger partial charge in [-0.2, -0.15) is 0 Å². The van der Waals surface area contributed by atoms with E-state index in [1.165, 1.54) is 5.56 Å². The molecule has 29 heavy (non-hydrogen) atoms. The van der Waals surface area contributed by atoms with E-state index in [9.17, 15) is 9.90 Å². The summed E-state index contributed by atoms with van der Waals surface area (Å²) in [6.07, 6.45) is 5.04. The molecule has 1 aliphatic heterocycles. The Bertz CT molecular complexity index is 682. The molecule has 0 aromatic heterocycles. The minimum absolute atomic E-state index is 0.0811. The number of hydrogen-bond donors (Lipinski definition) is 4. The Morgan fingerprint density at radius 1 is 1.17 bits per heavy atom. The quantitative estimate of drug-likeness (QED) is 0.503. The maximum absolute atomic E-state index is 12.0. The summed E-state index contributed by atoms with van der Waals surface area (Å²) in [6.45, 7) is 2.60. The number of carbonyl (C=O) groups is 1.